The van der Waals surface area contributed by atoms with Gasteiger partial charge in [-0.25, -0.2) is 4.39 Å². The molecule has 1 rings (SSSR count). The average molecular weight is 360 g/mol. The Morgan fingerprint density at radius 3 is 2.43 bits per heavy atom. The van der Waals surface area contributed by atoms with Crippen molar-refractivity contribution < 1.29 is 9.18 Å². The zero-order valence-electron chi connectivity index (χ0n) is 12.9. The molecular weight excluding hydrogens is 337 g/mol. The molecule has 1 aromatic carbocycles. The molecule has 0 radical (unpaired) electrons. The molecule has 0 saturated carbocycles. The molecule has 0 heterocycles. The lowest BCUT2D eigenvalue weighted by atomic mass is 10.2. The summed E-state index contributed by atoms with van der Waals surface area (Å²) in [5, 5.41) is 2.84. The van der Waals surface area contributed by atoms with Crippen molar-refractivity contribution in [2.24, 2.45) is 0 Å². The van der Waals surface area contributed by atoms with Gasteiger partial charge in [-0.05, 0) is 55.8 Å². The van der Waals surface area contributed by atoms with Crippen LogP contribution in [-0.4, -0.2) is 36.0 Å². The molecule has 6 heteroatoms. The highest BCUT2D eigenvalue weighted by Crippen LogP contribution is 2.22. The van der Waals surface area contributed by atoms with Crippen molar-refractivity contribution in [1.82, 2.24) is 10.2 Å². The van der Waals surface area contributed by atoms with Gasteiger partial charge in [0.15, 0.2) is 0 Å². The van der Waals surface area contributed by atoms with E-state index in [0.717, 1.165) is 6.54 Å². The van der Waals surface area contributed by atoms with Crippen LogP contribution < -0.4 is 11.1 Å². The molecule has 0 aliphatic heterocycles. The van der Waals surface area contributed by atoms with Crippen molar-refractivity contribution in [3.05, 3.63) is 28.0 Å². The highest BCUT2D eigenvalue weighted by atomic mass is 79.9. The number of nitrogens with zero attached hydrogens (tertiary/aromatic N) is 1. The molecule has 118 valence electrons. The highest BCUT2D eigenvalue weighted by molar-refractivity contribution is 9.10. The summed E-state index contributed by atoms with van der Waals surface area (Å²) in [5.41, 5.74) is 5.81. The Labute approximate surface area is 134 Å². The van der Waals surface area contributed by atoms with Crippen molar-refractivity contribution in [1.29, 1.82) is 0 Å². The molecule has 0 atom stereocenters. The third-order valence-electron chi connectivity index (χ3n) is 3.31. The van der Waals surface area contributed by atoms with Gasteiger partial charge in [-0.3, -0.25) is 9.69 Å². The molecule has 0 aromatic heterocycles. The van der Waals surface area contributed by atoms with E-state index in [-0.39, 0.29) is 11.6 Å². The normalized spacial score (nSPS) is 11.5. The predicted octanol–water partition coefficient (Wildman–Crippen LogP) is 3.02. The number of benzene rings is 1. The fraction of sp³-hybridized carbons (Fsp3) is 0.533. The predicted molar refractivity (Wildman–Crippen MR) is 87.8 cm³/mol. The van der Waals surface area contributed by atoms with E-state index in [1.165, 1.54) is 12.1 Å². The van der Waals surface area contributed by atoms with Crippen molar-refractivity contribution >= 4 is 27.5 Å². The van der Waals surface area contributed by atoms with Gasteiger partial charge in [0.25, 0.3) is 5.91 Å². The van der Waals surface area contributed by atoms with E-state index in [4.69, 9.17) is 5.73 Å². The third kappa shape index (κ3) is 4.97. The van der Waals surface area contributed by atoms with Crippen LogP contribution in [0.25, 0.3) is 0 Å². The number of nitrogens with two attached hydrogens (primary N) is 1. The van der Waals surface area contributed by atoms with Crippen LogP contribution in [0, 0.1) is 5.82 Å². The lowest BCUT2D eigenvalue weighted by Crippen LogP contribution is -2.42. The minimum absolute atomic E-state index is 0.0330. The first-order valence-electron chi connectivity index (χ1n) is 7.02. The summed E-state index contributed by atoms with van der Waals surface area (Å²) in [6, 6.07) is 3.38. The van der Waals surface area contributed by atoms with Gasteiger partial charge in [0.2, 0.25) is 0 Å². The second kappa shape index (κ2) is 7.75. The Morgan fingerprint density at radius 1 is 1.33 bits per heavy atom. The Kier molecular flexibility index (Phi) is 6.61. The molecule has 0 fully saturated rings. The van der Waals surface area contributed by atoms with Crippen LogP contribution in [0.3, 0.4) is 0 Å². The van der Waals surface area contributed by atoms with E-state index in [1.807, 2.05) is 0 Å². The molecule has 0 bridgehead atoms. The van der Waals surface area contributed by atoms with Crippen LogP contribution in [0.5, 0.6) is 0 Å². The zero-order valence-corrected chi connectivity index (χ0v) is 14.5. The Bertz CT molecular complexity index is 498. The van der Waals surface area contributed by atoms with Gasteiger partial charge in [-0.2, -0.15) is 0 Å². The van der Waals surface area contributed by atoms with Gasteiger partial charge in [-0.1, -0.05) is 0 Å². The van der Waals surface area contributed by atoms with E-state index in [1.54, 1.807) is 0 Å². The molecule has 0 aliphatic rings. The maximum atomic E-state index is 13.3. The molecule has 4 nitrogen and oxygen atoms in total. The van der Waals surface area contributed by atoms with Crippen LogP contribution in [0.15, 0.2) is 16.6 Å². The van der Waals surface area contributed by atoms with Gasteiger partial charge in [0.05, 0.1) is 11.3 Å². The molecule has 21 heavy (non-hydrogen) atoms. The number of carbonyl (C=O) groups is 1. The molecule has 3 N–H and O–H groups in total. The first-order valence-corrected chi connectivity index (χ1v) is 7.81. The summed E-state index contributed by atoms with van der Waals surface area (Å²) in [6.45, 7) is 9.78. The molecule has 0 saturated heterocycles. The number of anilines is 1. The number of nitrogens with one attached hydrogen (secondary N) is 1. The van der Waals surface area contributed by atoms with Gasteiger partial charge in [0.1, 0.15) is 5.82 Å². The first-order chi connectivity index (χ1) is 9.73. The molecular formula is C15H23BrFN3O. The maximum Gasteiger partial charge on any atom is 0.252 e. The van der Waals surface area contributed by atoms with Crippen LogP contribution in [-0.2, 0) is 0 Å². The van der Waals surface area contributed by atoms with Gasteiger partial charge in [-0.15, -0.1) is 0 Å². The first kappa shape index (κ1) is 17.9. The van der Waals surface area contributed by atoms with Crippen LogP contribution in [0.1, 0.15) is 38.1 Å². The summed E-state index contributed by atoms with van der Waals surface area (Å²) in [6.07, 6.45) is 0. The number of nitrogen functional groups attached to an aromatic ring is 1. The molecule has 1 amide bonds. The zero-order chi connectivity index (χ0) is 16.2. The lowest BCUT2D eigenvalue weighted by Gasteiger charge is -2.30. The molecule has 0 spiro atoms. The summed E-state index contributed by atoms with van der Waals surface area (Å²) in [7, 11) is 0. The smallest absolute Gasteiger partial charge is 0.252 e. The number of carbonyl (C=O) groups excluding carboxylic acids is 1. The molecule has 0 aliphatic carbocycles. The van der Waals surface area contributed by atoms with Gasteiger partial charge in [0, 0.05) is 29.6 Å². The van der Waals surface area contributed by atoms with E-state index in [2.05, 4.69) is 53.8 Å². The average Bonchev–Trinajstić information content (AvgIpc) is 2.37. The summed E-state index contributed by atoms with van der Waals surface area (Å²) in [5.74, 6) is -0.801. The van der Waals surface area contributed by atoms with Crippen molar-refractivity contribution in [3.8, 4) is 0 Å². The van der Waals surface area contributed by atoms with Crippen LogP contribution in [0.4, 0.5) is 10.1 Å². The monoisotopic (exact) mass is 359 g/mol. The largest absolute Gasteiger partial charge is 0.396 e. The van der Waals surface area contributed by atoms with Crippen molar-refractivity contribution in [3.63, 3.8) is 0 Å². The van der Waals surface area contributed by atoms with E-state index in [9.17, 15) is 9.18 Å². The Hall–Kier alpha value is -1.14. The second-order valence-electron chi connectivity index (χ2n) is 5.53. The minimum Gasteiger partial charge on any atom is -0.396 e. The highest BCUT2D eigenvalue weighted by Gasteiger charge is 2.15. The topological polar surface area (TPSA) is 58.4 Å². The SMILES string of the molecule is CC(C)N(CCNC(=O)c1cc(N)c(F)cc1Br)C(C)C. The van der Waals surface area contributed by atoms with E-state index >= 15 is 0 Å². The molecule has 0 unspecified atom stereocenters. The van der Waals surface area contributed by atoms with E-state index < -0.39 is 5.82 Å². The Morgan fingerprint density at radius 2 is 1.90 bits per heavy atom. The van der Waals surface area contributed by atoms with Gasteiger partial charge >= 0.3 is 0 Å². The fourth-order valence-corrected chi connectivity index (χ4v) is 2.74. The minimum atomic E-state index is -0.538. The van der Waals surface area contributed by atoms with Gasteiger partial charge < -0.3 is 11.1 Å². The number of amides is 1. The number of halogens is 2. The number of hydrogen-bond donors (Lipinski definition) is 2. The lowest BCUT2D eigenvalue weighted by molar-refractivity contribution is 0.0938. The third-order valence-corrected chi connectivity index (χ3v) is 3.97. The Balaban J connectivity index is 2.64. The summed E-state index contributed by atoms with van der Waals surface area (Å²) < 4.78 is 13.7. The quantitative estimate of drug-likeness (QED) is 0.767. The maximum absolute atomic E-state index is 13.3. The number of rotatable bonds is 6. The molecule has 1 aromatic rings. The summed E-state index contributed by atoms with van der Waals surface area (Å²) >= 11 is 3.18. The van der Waals surface area contributed by atoms with Crippen molar-refractivity contribution in [2.45, 2.75) is 39.8 Å². The second-order valence-corrected chi connectivity index (χ2v) is 6.39. The van der Waals surface area contributed by atoms with Crippen LogP contribution in [0.2, 0.25) is 0 Å². The van der Waals surface area contributed by atoms with Crippen LogP contribution >= 0.6 is 15.9 Å². The van der Waals surface area contributed by atoms with E-state index in [0.29, 0.717) is 28.7 Å². The fourth-order valence-electron chi connectivity index (χ4n) is 2.25. The number of hydrogen-bond acceptors (Lipinski definition) is 3. The standard InChI is InChI=1S/C15H23BrFN3O/c1-9(2)20(10(3)4)6-5-19-15(21)11-7-14(18)13(17)8-12(11)16/h7-10H,5-6,18H2,1-4H3,(H,19,21). The van der Waals surface area contributed by atoms with Crippen molar-refractivity contribution in [2.75, 3.05) is 18.8 Å². The summed E-state index contributed by atoms with van der Waals surface area (Å²) in [4.78, 5) is 14.4.